The van der Waals surface area contributed by atoms with Crippen LogP contribution in [0.3, 0.4) is 0 Å². The highest BCUT2D eigenvalue weighted by Gasteiger charge is 2.09. The minimum absolute atomic E-state index is 0.236. The molecule has 1 N–H and O–H groups in total. The molecule has 0 aliphatic rings. The minimum atomic E-state index is -0.852. The van der Waals surface area contributed by atoms with Crippen LogP contribution < -0.4 is 4.74 Å². The van der Waals surface area contributed by atoms with Gasteiger partial charge in [-0.25, -0.2) is 4.79 Å². The Morgan fingerprint density at radius 1 is 1.35 bits per heavy atom. The van der Waals surface area contributed by atoms with Gasteiger partial charge in [-0.1, -0.05) is 32.1 Å². The second kappa shape index (κ2) is 6.09. The fourth-order valence-electron chi connectivity index (χ4n) is 1.57. The summed E-state index contributed by atoms with van der Waals surface area (Å²) in [6.45, 7) is 3.94. The first-order valence-corrected chi connectivity index (χ1v) is 5.60. The van der Waals surface area contributed by atoms with E-state index in [4.69, 9.17) is 9.84 Å². The molecule has 17 heavy (non-hydrogen) atoms. The van der Waals surface area contributed by atoms with Gasteiger partial charge < -0.3 is 9.84 Å². The largest absolute Gasteiger partial charge is 0.497 e. The third-order valence-corrected chi connectivity index (χ3v) is 2.36. The maximum Gasteiger partial charge on any atom is 0.331 e. The van der Waals surface area contributed by atoms with Gasteiger partial charge >= 0.3 is 5.97 Å². The smallest absolute Gasteiger partial charge is 0.331 e. The number of methoxy groups -OCH3 is 1. The van der Waals surface area contributed by atoms with Crippen LogP contribution in [0.5, 0.6) is 5.75 Å². The summed E-state index contributed by atoms with van der Waals surface area (Å²) in [6.07, 6.45) is 2.23. The van der Waals surface area contributed by atoms with E-state index in [1.807, 2.05) is 38.1 Å². The number of benzene rings is 1. The van der Waals surface area contributed by atoms with Crippen molar-refractivity contribution < 1.29 is 14.6 Å². The van der Waals surface area contributed by atoms with Crippen molar-refractivity contribution in [2.24, 2.45) is 5.92 Å². The van der Waals surface area contributed by atoms with E-state index in [-0.39, 0.29) is 5.92 Å². The first kappa shape index (κ1) is 13.3. The molecule has 92 valence electrons. The monoisotopic (exact) mass is 234 g/mol. The molecule has 0 aliphatic heterocycles. The van der Waals surface area contributed by atoms with Gasteiger partial charge in [0, 0.05) is 12.0 Å². The SMILES string of the molecule is COc1ccc(C/C(=C\C(C)C)C(=O)O)cc1. The summed E-state index contributed by atoms with van der Waals surface area (Å²) in [5, 5.41) is 9.09. The molecule has 0 bridgehead atoms. The number of allylic oxidation sites excluding steroid dienone is 1. The number of hydrogen-bond acceptors (Lipinski definition) is 2. The van der Waals surface area contributed by atoms with Crippen LogP contribution in [0.2, 0.25) is 0 Å². The maximum atomic E-state index is 11.1. The lowest BCUT2D eigenvalue weighted by Crippen LogP contribution is -2.05. The molecule has 0 fully saturated rings. The fourth-order valence-corrected chi connectivity index (χ4v) is 1.57. The molecule has 3 nitrogen and oxygen atoms in total. The van der Waals surface area contributed by atoms with Crippen LogP contribution in [0.25, 0.3) is 0 Å². The molecule has 0 aliphatic carbocycles. The van der Waals surface area contributed by atoms with Crippen molar-refractivity contribution in [3.05, 3.63) is 41.5 Å². The average Bonchev–Trinajstić information content (AvgIpc) is 2.28. The summed E-state index contributed by atoms with van der Waals surface area (Å²) in [7, 11) is 1.61. The summed E-state index contributed by atoms with van der Waals surface area (Å²) >= 11 is 0. The molecular weight excluding hydrogens is 216 g/mol. The van der Waals surface area contributed by atoms with Gasteiger partial charge in [0.2, 0.25) is 0 Å². The molecule has 1 rings (SSSR count). The summed E-state index contributed by atoms with van der Waals surface area (Å²) in [5.74, 6) is 0.160. The van der Waals surface area contributed by atoms with Crippen LogP contribution in [0.1, 0.15) is 19.4 Å². The van der Waals surface area contributed by atoms with Crippen LogP contribution in [0, 0.1) is 5.92 Å². The minimum Gasteiger partial charge on any atom is -0.497 e. The molecule has 1 aromatic rings. The Hall–Kier alpha value is -1.77. The Morgan fingerprint density at radius 3 is 2.35 bits per heavy atom. The second-order valence-electron chi connectivity index (χ2n) is 4.27. The zero-order valence-electron chi connectivity index (χ0n) is 10.4. The molecule has 0 saturated carbocycles. The summed E-state index contributed by atoms with van der Waals surface area (Å²) < 4.78 is 5.06. The zero-order valence-corrected chi connectivity index (χ0v) is 10.4. The van der Waals surface area contributed by atoms with Crippen molar-refractivity contribution in [2.75, 3.05) is 7.11 Å². The molecule has 1 aromatic carbocycles. The molecular formula is C14H18O3. The quantitative estimate of drug-likeness (QED) is 0.797. The molecule has 0 atom stereocenters. The Kier molecular flexibility index (Phi) is 4.76. The standard InChI is InChI=1S/C14H18O3/c1-10(2)8-12(14(15)16)9-11-4-6-13(17-3)7-5-11/h4-8,10H,9H2,1-3H3,(H,15,16)/b12-8+. The van der Waals surface area contributed by atoms with Crippen molar-refractivity contribution in [3.8, 4) is 5.75 Å². The second-order valence-corrected chi connectivity index (χ2v) is 4.27. The van der Waals surface area contributed by atoms with E-state index in [1.54, 1.807) is 13.2 Å². The maximum absolute atomic E-state index is 11.1. The number of hydrogen-bond donors (Lipinski definition) is 1. The van der Waals surface area contributed by atoms with Gasteiger partial charge in [-0.15, -0.1) is 0 Å². The van der Waals surface area contributed by atoms with E-state index in [1.165, 1.54) is 0 Å². The fraction of sp³-hybridized carbons (Fsp3) is 0.357. The number of carbonyl (C=O) groups is 1. The highest BCUT2D eigenvalue weighted by atomic mass is 16.5. The van der Waals surface area contributed by atoms with E-state index in [0.717, 1.165) is 11.3 Å². The van der Waals surface area contributed by atoms with Gasteiger partial charge in [-0.05, 0) is 23.6 Å². The van der Waals surface area contributed by atoms with E-state index in [2.05, 4.69) is 0 Å². The average molecular weight is 234 g/mol. The van der Waals surface area contributed by atoms with E-state index in [0.29, 0.717) is 12.0 Å². The number of aliphatic carboxylic acids is 1. The summed E-state index contributed by atoms with van der Waals surface area (Å²) in [6, 6.07) is 7.44. The van der Waals surface area contributed by atoms with Gasteiger partial charge in [0.05, 0.1) is 7.11 Å². The van der Waals surface area contributed by atoms with Crippen LogP contribution in [-0.2, 0) is 11.2 Å². The van der Waals surface area contributed by atoms with Crippen molar-refractivity contribution >= 4 is 5.97 Å². The first-order valence-electron chi connectivity index (χ1n) is 5.60. The highest BCUT2D eigenvalue weighted by Crippen LogP contribution is 2.15. The lowest BCUT2D eigenvalue weighted by atomic mass is 10.0. The molecule has 0 saturated heterocycles. The van der Waals surface area contributed by atoms with Gasteiger partial charge in [-0.2, -0.15) is 0 Å². The molecule has 3 heteroatoms. The Morgan fingerprint density at radius 2 is 1.94 bits per heavy atom. The van der Waals surface area contributed by atoms with Crippen molar-refractivity contribution in [3.63, 3.8) is 0 Å². The molecule has 0 spiro atoms. The zero-order chi connectivity index (χ0) is 12.8. The van der Waals surface area contributed by atoms with E-state index >= 15 is 0 Å². The Labute approximate surface area is 102 Å². The molecule has 0 amide bonds. The van der Waals surface area contributed by atoms with Crippen LogP contribution in [0.4, 0.5) is 0 Å². The topological polar surface area (TPSA) is 46.5 Å². The number of carboxylic acid groups (broad SMARTS) is 1. The lowest BCUT2D eigenvalue weighted by Gasteiger charge is -2.06. The Balaban J connectivity index is 2.83. The van der Waals surface area contributed by atoms with Gasteiger partial charge in [0.1, 0.15) is 5.75 Å². The van der Waals surface area contributed by atoms with E-state index < -0.39 is 5.97 Å². The van der Waals surface area contributed by atoms with Crippen molar-refractivity contribution in [1.29, 1.82) is 0 Å². The van der Waals surface area contributed by atoms with Gasteiger partial charge in [-0.3, -0.25) is 0 Å². The first-order chi connectivity index (χ1) is 8.02. The number of rotatable bonds is 5. The van der Waals surface area contributed by atoms with Crippen molar-refractivity contribution in [2.45, 2.75) is 20.3 Å². The van der Waals surface area contributed by atoms with Gasteiger partial charge in [0.15, 0.2) is 0 Å². The van der Waals surface area contributed by atoms with Crippen molar-refractivity contribution in [1.82, 2.24) is 0 Å². The van der Waals surface area contributed by atoms with Gasteiger partial charge in [0.25, 0.3) is 0 Å². The molecule has 0 radical (unpaired) electrons. The predicted molar refractivity (Wildman–Crippen MR) is 67.3 cm³/mol. The lowest BCUT2D eigenvalue weighted by molar-refractivity contribution is -0.132. The molecule has 0 aromatic heterocycles. The number of carboxylic acids is 1. The summed E-state index contributed by atoms with van der Waals surface area (Å²) in [5.41, 5.74) is 1.41. The third-order valence-electron chi connectivity index (χ3n) is 2.36. The third kappa shape index (κ3) is 4.31. The molecule has 0 heterocycles. The van der Waals surface area contributed by atoms with Crippen LogP contribution in [0.15, 0.2) is 35.9 Å². The Bertz CT molecular complexity index is 402. The van der Waals surface area contributed by atoms with Crippen LogP contribution in [-0.4, -0.2) is 18.2 Å². The van der Waals surface area contributed by atoms with Crippen LogP contribution >= 0.6 is 0 Å². The van der Waals surface area contributed by atoms with E-state index in [9.17, 15) is 4.79 Å². The number of ether oxygens (including phenoxy) is 1. The summed E-state index contributed by atoms with van der Waals surface area (Å²) in [4.78, 5) is 11.1. The highest BCUT2D eigenvalue weighted by molar-refractivity contribution is 5.87. The molecule has 0 unspecified atom stereocenters. The normalized spacial score (nSPS) is 11.6. The predicted octanol–water partition coefficient (Wildman–Crippen LogP) is 2.90.